The van der Waals surface area contributed by atoms with Crippen LogP contribution in [0.5, 0.6) is 0 Å². The van der Waals surface area contributed by atoms with E-state index in [4.69, 9.17) is 18.0 Å². The number of fused-ring (bicyclic) bond motifs is 1. The van der Waals surface area contributed by atoms with E-state index in [0.29, 0.717) is 11.5 Å². The zero-order valence-corrected chi connectivity index (χ0v) is 12.1. The Balaban J connectivity index is 1.78. The summed E-state index contributed by atoms with van der Waals surface area (Å²) >= 11 is 4.97. The summed E-state index contributed by atoms with van der Waals surface area (Å²) in [6, 6.07) is 10.5. The van der Waals surface area contributed by atoms with E-state index in [9.17, 15) is 0 Å². The van der Waals surface area contributed by atoms with Crippen LogP contribution in [0, 0.1) is 0 Å². The molecule has 0 bridgehead atoms. The number of hydrogen-bond acceptors (Lipinski definition) is 4. The van der Waals surface area contributed by atoms with Crippen LogP contribution in [0.15, 0.2) is 36.5 Å². The van der Waals surface area contributed by atoms with Crippen molar-refractivity contribution in [1.82, 2.24) is 9.88 Å². The van der Waals surface area contributed by atoms with E-state index in [1.165, 1.54) is 10.8 Å². The van der Waals surface area contributed by atoms with E-state index >= 15 is 0 Å². The Bertz CT molecular complexity index is 615. The van der Waals surface area contributed by atoms with Crippen molar-refractivity contribution in [2.45, 2.75) is 0 Å². The number of anilines is 1. The maximum atomic E-state index is 5.61. The quantitative estimate of drug-likeness (QED) is 0.869. The van der Waals surface area contributed by atoms with Gasteiger partial charge in [-0.05, 0) is 11.5 Å². The lowest BCUT2D eigenvalue weighted by atomic mass is 10.1. The van der Waals surface area contributed by atoms with Crippen molar-refractivity contribution >= 4 is 33.8 Å². The first-order chi connectivity index (χ1) is 9.74. The molecule has 104 valence electrons. The van der Waals surface area contributed by atoms with E-state index in [2.05, 4.69) is 45.1 Å². The summed E-state index contributed by atoms with van der Waals surface area (Å²) in [5, 5.41) is 2.46. The third-order valence-electron chi connectivity index (χ3n) is 3.70. The van der Waals surface area contributed by atoms with Gasteiger partial charge in [0.05, 0.1) is 4.99 Å². The molecule has 2 aromatic rings. The fraction of sp³-hybridized carbons (Fsp3) is 0.333. The van der Waals surface area contributed by atoms with E-state index in [1.807, 2.05) is 6.20 Å². The van der Waals surface area contributed by atoms with Crippen molar-refractivity contribution in [2.75, 3.05) is 37.6 Å². The second-order valence-electron chi connectivity index (χ2n) is 5.09. The lowest BCUT2D eigenvalue weighted by Crippen LogP contribution is -2.48. The number of aromatic nitrogens is 1. The number of benzene rings is 1. The molecule has 1 aliphatic rings. The summed E-state index contributed by atoms with van der Waals surface area (Å²) in [6.07, 6.45) is 1.89. The molecule has 0 spiro atoms. The van der Waals surface area contributed by atoms with E-state index in [1.54, 1.807) is 0 Å². The zero-order valence-electron chi connectivity index (χ0n) is 11.3. The normalized spacial score (nSPS) is 16.5. The fourth-order valence-electron chi connectivity index (χ4n) is 2.69. The van der Waals surface area contributed by atoms with Crippen LogP contribution in [0.25, 0.3) is 10.8 Å². The van der Waals surface area contributed by atoms with Crippen molar-refractivity contribution < 1.29 is 0 Å². The van der Waals surface area contributed by atoms with Crippen LogP contribution >= 0.6 is 12.2 Å². The summed E-state index contributed by atoms with van der Waals surface area (Å²) in [5.74, 6) is 1.08. The number of piperazine rings is 1. The lowest BCUT2D eigenvalue weighted by Gasteiger charge is -2.35. The topological polar surface area (TPSA) is 45.4 Å². The second-order valence-corrected chi connectivity index (χ2v) is 5.61. The molecule has 2 heterocycles. The number of hydrogen-bond donors (Lipinski definition) is 1. The van der Waals surface area contributed by atoms with Crippen LogP contribution in [0.1, 0.15) is 0 Å². The van der Waals surface area contributed by atoms with Crippen LogP contribution < -0.4 is 10.6 Å². The molecule has 1 fully saturated rings. The predicted molar refractivity (Wildman–Crippen MR) is 87.2 cm³/mol. The Kier molecular flexibility index (Phi) is 3.80. The molecule has 1 saturated heterocycles. The molecule has 3 rings (SSSR count). The Morgan fingerprint density at radius 2 is 1.90 bits per heavy atom. The fourth-order valence-corrected chi connectivity index (χ4v) is 2.88. The average molecular weight is 286 g/mol. The maximum absolute atomic E-state index is 5.61. The summed E-state index contributed by atoms with van der Waals surface area (Å²) in [7, 11) is 0. The van der Waals surface area contributed by atoms with Crippen LogP contribution in [0.2, 0.25) is 0 Å². The minimum Gasteiger partial charge on any atom is -0.392 e. The van der Waals surface area contributed by atoms with Crippen molar-refractivity contribution in [1.29, 1.82) is 0 Å². The molecule has 5 heteroatoms. The van der Waals surface area contributed by atoms with Gasteiger partial charge in [-0.2, -0.15) is 0 Å². The highest BCUT2D eigenvalue weighted by molar-refractivity contribution is 7.80. The molecule has 20 heavy (non-hydrogen) atoms. The summed E-state index contributed by atoms with van der Waals surface area (Å²) in [6.45, 7) is 4.59. The van der Waals surface area contributed by atoms with E-state index in [0.717, 1.165) is 32.0 Å². The van der Waals surface area contributed by atoms with Crippen LogP contribution in [0.3, 0.4) is 0 Å². The Labute approximate surface area is 124 Å². The van der Waals surface area contributed by atoms with Crippen molar-refractivity contribution in [3.05, 3.63) is 36.5 Å². The van der Waals surface area contributed by atoms with Gasteiger partial charge in [0, 0.05) is 44.3 Å². The number of nitrogens with two attached hydrogens (primary N) is 1. The molecule has 0 radical (unpaired) electrons. The van der Waals surface area contributed by atoms with Crippen LogP contribution in [-0.2, 0) is 0 Å². The summed E-state index contributed by atoms with van der Waals surface area (Å²) in [4.78, 5) is 9.79. The largest absolute Gasteiger partial charge is 0.392 e. The Hall–Kier alpha value is -1.72. The van der Waals surface area contributed by atoms with Gasteiger partial charge in [0.1, 0.15) is 5.82 Å². The molecular formula is C15H18N4S. The zero-order chi connectivity index (χ0) is 13.9. The standard InChI is InChI=1S/C15H18N4S/c16-14(20)11-18-7-9-19(10-8-18)15-13-4-2-1-3-12(13)5-6-17-15/h1-6H,7-11H2,(H2,16,20). The van der Waals surface area contributed by atoms with Gasteiger partial charge in [-0.25, -0.2) is 4.98 Å². The molecule has 4 nitrogen and oxygen atoms in total. The van der Waals surface area contributed by atoms with Gasteiger partial charge in [0.2, 0.25) is 0 Å². The average Bonchev–Trinajstić information content (AvgIpc) is 2.47. The highest BCUT2D eigenvalue weighted by atomic mass is 32.1. The van der Waals surface area contributed by atoms with Gasteiger partial charge in [-0.15, -0.1) is 0 Å². The Morgan fingerprint density at radius 3 is 2.65 bits per heavy atom. The summed E-state index contributed by atoms with van der Waals surface area (Å²) < 4.78 is 0. The third-order valence-corrected chi connectivity index (χ3v) is 3.83. The monoisotopic (exact) mass is 286 g/mol. The predicted octanol–water partition coefficient (Wildman–Crippen LogP) is 1.64. The molecule has 0 unspecified atom stereocenters. The number of rotatable bonds is 3. The summed E-state index contributed by atoms with van der Waals surface area (Å²) in [5.41, 5.74) is 5.61. The second kappa shape index (κ2) is 5.73. The van der Waals surface area contributed by atoms with Crippen molar-refractivity contribution in [3.63, 3.8) is 0 Å². The maximum Gasteiger partial charge on any atom is 0.136 e. The minimum absolute atomic E-state index is 0.571. The molecule has 1 aromatic carbocycles. The first-order valence-corrected chi connectivity index (χ1v) is 7.24. The molecule has 1 aromatic heterocycles. The third kappa shape index (κ3) is 2.73. The van der Waals surface area contributed by atoms with Crippen molar-refractivity contribution in [3.8, 4) is 0 Å². The van der Waals surface area contributed by atoms with Gasteiger partial charge in [-0.3, -0.25) is 4.90 Å². The van der Waals surface area contributed by atoms with Crippen LogP contribution in [-0.4, -0.2) is 47.6 Å². The Morgan fingerprint density at radius 1 is 1.15 bits per heavy atom. The highest BCUT2D eigenvalue weighted by Crippen LogP contribution is 2.24. The SMILES string of the molecule is NC(=S)CN1CCN(c2nccc3ccccc23)CC1. The molecular weight excluding hydrogens is 268 g/mol. The number of thiocarbonyl (C=S) groups is 1. The van der Waals surface area contributed by atoms with Crippen LogP contribution in [0.4, 0.5) is 5.82 Å². The van der Waals surface area contributed by atoms with Gasteiger partial charge in [-0.1, -0.05) is 36.5 Å². The number of nitrogens with zero attached hydrogens (tertiary/aromatic N) is 3. The van der Waals surface area contributed by atoms with Crippen molar-refractivity contribution in [2.24, 2.45) is 5.73 Å². The van der Waals surface area contributed by atoms with Gasteiger partial charge >= 0.3 is 0 Å². The molecule has 1 aliphatic heterocycles. The highest BCUT2D eigenvalue weighted by Gasteiger charge is 2.19. The van der Waals surface area contributed by atoms with Gasteiger partial charge in [0.15, 0.2) is 0 Å². The molecule has 2 N–H and O–H groups in total. The van der Waals surface area contributed by atoms with Gasteiger partial charge in [0.25, 0.3) is 0 Å². The lowest BCUT2D eigenvalue weighted by molar-refractivity contribution is 0.292. The van der Waals surface area contributed by atoms with E-state index < -0.39 is 0 Å². The molecule has 0 amide bonds. The molecule has 0 atom stereocenters. The first kappa shape index (κ1) is 13.3. The smallest absolute Gasteiger partial charge is 0.136 e. The first-order valence-electron chi connectivity index (χ1n) is 6.83. The number of pyridine rings is 1. The molecule has 0 saturated carbocycles. The van der Waals surface area contributed by atoms with E-state index in [-0.39, 0.29) is 0 Å². The molecule has 0 aliphatic carbocycles. The van der Waals surface area contributed by atoms with Gasteiger partial charge < -0.3 is 10.6 Å². The minimum atomic E-state index is 0.571.